The van der Waals surface area contributed by atoms with E-state index in [1.54, 1.807) is 7.05 Å². The molecule has 0 radical (unpaired) electrons. The summed E-state index contributed by atoms with van der Waals surface area (Å²) in [6.07, 6.45) is 1.16. The molecule has 2 heterocycles. The number of sulfonamides is 1. The van der Waals surface area contributed by atoms with Gasteiger partial charge in [0.05, 0.1) is 11.0 Å². The van der Waals surface area contributed by atoms with Gasteiger partial charge in [0, 0.05) is 39.1 Å². The lowest BCUT2D eigenvalue weighted by Crippen LogP contribution is -2.51. The topological polar surface area (TPSA) is 102 Å². The second-order valence-electron chi connectivity index (χ2n) is 6.72. The molecule has 0 atom stereocenters. The quantitative estimate of drug-likeness (QED) is 0.296. The van der Waals surface area contributed by atoms with Gasteiger partial charge < -0.3 is 15.6 Å². The number of nitrogens with one attached hydrogen (secondary N) is 3. The van der Waals surface area contributed by atoms with Gasteiger partial charge >= 0.3 is 15.5 Å². The van der Waals surface area contributed by atoms with Gasteiger partial charge in [-0.3, -0.25) is 4.99 Å². The van der Waals surface area contributed by atoms with Crippen molar-refractivity contribution >= 4 is 51.0 Å². The average Bonchev–Trinajstić information content (AvgIpc) is 3.09. The Hall–Kier alpha value is -1.61. The van der Waals surface area contributed by atoms with Crippen molar-refractivity contribution in [3.05, 3.63) is 30.1 Å². The van der Waals surface area contributed by atoms with Crippen LogP contribution in [-0.2, 0) is 16.4 Å². The van der Waals surface area contributed by atoms with Crippen molar-refractivity contribution in [1.82, 2.24) is 24.9 Å². The van der Waals surface area contributed by atoms with Gasteiger partial charge in [-0.25, -0.2) is 13.4 Å². The van der Waals surface area contributed by atoms with E-state index in [4.69, 9.17) is 0 Å². The van der Waals surface area contributed by atoms with E-state index in [1.807, 2.05) is 24.3 Å². The van der Waals surface area contributed by atoms with Crippen LogP contribution in [0.3, 0.4) is 0 Å². The summed E-state index contributed by atoms with van der Waals surface area (Å²) >= 11 is 0. The largest absolute Gasteiger partial charge is 0.511 e. The average molecular weight is 560 g/mol. The summed E-state index contributed by atoms with van der Waals surface area (Å²) in [5.74, 6) is 1.35. The lowest BCUT2D eigenvalue weighted by atomic mass is 10.1. The van der Waals surface area contributed by atoms with Crippen molar-refractivity contribution in [2.75, 3.05) is 26.7 Å². The second kappa shape index (κ2) is 10.1. The monoisotopic (exact) mass is 560 g/mol. The van der Waals surface area contributed by atoms with Gasteiger partial charge in [-0.2, -0.15) is 17.5 Å². The first-order chi connectivity index (χ1) is 13.7. The standard InChI is InChI=1S/C17H23F3N6O2S.HI/c1-21-16(22-9-6-15-24-13-4-2-3-5-14(13)25-15)23-12-7-10-26(11-8-12)29(27,28)17(18,19)20;/h2-5,12H,6-11H2,1H3,(H,24,25)(H2,21,22,23);1H. The molecule has 168 valence electrons. The van der Waals surface area contributed by atoms with Crippen LogP contribution in [0.15, 0.2) is 29.3 Å². The summed E-state index contributed by atoms with van der Waals surface area (Å²) in [6.45, 7) is 0.186. The number of halogens is 4. The van der Waals surface area contributed by atoms with Gasteiger partial charge in [0.15, 0.2) is 5.96 Å². The molecule has 3 N–H and O–H groups in total. The number of rotatable bonds is 5. The molecule has 2 aromatic rings. The Bertz CT molecular complexity index is 938. The molecule has 13 heteroatoms. The molecule has 0 unspecified atom stereocenters. The maximum atomic E-state index is 12.6. The van der Waals surface area contributed by atoms with Gasteiger partial charge in [0.25, 0.3) is 0 Å². The number of fused-ring (bicyclic) bond motifs is 1. The lowest BCUT2D eigenvalue weighted by Gasteiger charge is -2.32. The third kappa shape index (κ3) is 5.75. The second-order valence-corrected chi connectivity index (χ2v) is 8.65. The van der Waals surface area contributed by atoms with Crippen molar-refractivity contribution in [1.29, 1.82) is 0 Å². The van der Waals surface area contributed by atoms with E-state index in [-0.39, 0.29) is 55.9 Å². The maximum Gasteiger partial charge on any atom is 0.511 e. The highest BCUT2D eigenvalue weighted by atomic mass is 127. The first kappa shape index (κ1) is 24.7. The van der Waals surface area contributed by atoms with E-state index >= 15 is 0 Å². The molecular weight excluding hydrogens is 536 g/mol. The van der Waals surface area contributed by atoms with Gasteiger partial charge in [0.2, 0.25) is 0 Å². The molecule has 0 amide bonds. The maximum absolute atomic E-state index is 12.6. The Morgan fingerprint density at radius 2 is 1.97 bits per heavy atom. The number of hydrogen-bond acceptors (Lipinski definition) is 4. The molecular formula is C17H24F3IN6O2S. The van der Waals surface area contributed by atoms with Crippen molar-refractivity contribution < 1.29 is 21.6 Å². The Kier molecular flexibility index (Phi) is 8.33. The number of aromatic nitrogens is 2. The summed E-state index contributed by atoms with van der Waals surface area (Å²) in [6, 6.07) is 7.56. The molecule has 8 nitrogen and oxygen atoms in total. The van der Waals surface area contributed by atoms with E-state index in [0.717, 1.165) is 16.9 Å². The van der Waals surface area contributed by atoms with Crippen LogP contribution in [0.5, 0.6) is 0 Å². The third-order valence-corrected chi connectivity index (χ3v) is 6.37. The van der Waals surface area contributed by atoms with Gasteiger partial charge in [0.1, 0.15) is 5.82 Å². The zero-order chi connectivity index (χ0) is 21.1. The number of imidazole rings is 1. The first-order valence-corrected chi connectivity index (χ1v) is 10.6. The fraction of sp³-hybridized carbons (Fsp3) is 0.529. The molecule has 1 aromatic heterocycles. The lowest BCUT2D eigenvalue weighted by molar-refractivity contribution is -0.0494. The minimum Gasteiger partial charge on any atom is -0.356 e. The van der Waals surface area contributed by atoms with Crippen LogP contribution in [0.1, 0.15) is 18.7 Å². The zero-order valence-electron chi connectivity index (χ0n) is 16.2. The van der Waals surface area contributed by atoms with Crippen LogP contribution >= 0.6 is 24.0 Å². The van der Waals surface area contributed by atoms with E-state index in [0.29, 0.717) is 23.2 Å². The summed E-state index contributed by atoms with van der Waals surface area (Å²) in [7, 11) is -3.67. The minimum absolute atomic E-state index is 0. The number of alkyl halides is 3. The van der Waals surface area contributed by atoms with Crippen molar-refractivity contribution in [3.63, 3.8) is 0 Å². The molecule has 0 bridgehead atoms. The molecule has 1 aliphatic heterocycles. The van der Waals surface area contributed by atoms with Crippen molar-refractivity contribution in [3.8, 4) is 0 Å². The zero-order valence-corrected chi connectivity index (χ0v) is 19.4. The van der Waals surface area contributed by atoms with E-state index in [9.17, 15) is 21.6 Å². The fourth-order valence-corrected chi connectivity index (χ4v) is 4.18. The highest BCUT2D eigenvalue weighted by Crippen LogP contribution is 2.28. The number of piperidine rings is 1. The number of nitrogens with zero attached hydrogens (tertiary/aromatic N) is 3. The summed E-state index contributed by atoms with van der Waals surface area (Å²) in [5, 5.41) is 6.28. The van der Waals surface area contributed by atoms with Crippen LogP contribution in [0.4, 0.5) is 13.2 Å². The first-order valence-electron chi connectivity index (χ1n) is 9.18. The smallest absolute Gasteiger partial charge is 0.356 e. The molecule has 1 saturated heterocycles. The molecule has 0 aliphatic carbocycles. The molecule has 3 rings (SSSR count). The van der Waals surface area contributed by atoms with Gasteiger partial charge in [-0.1, -0.05) is 12.1 Å². The van der Waals surface area contributed by atoms with E-state index in [2.05, 4.69) is 25.6 Å². The van der Waals surface area contributed by atoms with Crippen LogP contribution in [-0.4, -0.2) is 66.9 Å². The van der Waals surface area contributed by atoms with Crippen LogP contribution in [0, 0.1) is 0 Å². The van der Waals surface area contributed by atoms with Crippen LogP contribution in [0.25, 0.3) is 11.0 Å². The number of H-pyrrole nitrogens is 1. The van der Waals surface area contributed by atoms with E-state index in [1.165, 1.54) is 0 Å². The number of guanidine groups is 1. The van der Waals surface area contributed by atoms with E-state index < -0.39 is 15.5 Å². The molecule has 1 fully saturated rings. The Balaban J connectivity index is 0.00000320. The highest BCUT2D eigenvalue weighted by molar-refractivity contribution is 14.0. The molecule has 30 heavy (non-hydrogen) atoms. The molecule has 1 aromatic carbocycles. The number of hydrogen-bond donors (Lipinski definition) is 3. The summed E-state index contributed by atoms with van der Waals surface area (Å²) in [5.41, 5.74) is -3.40. The fourth-order valence-electron chi connectivity index (χ4n) is 3.20. The summed E-state index contributed by atoms with van der Waals surface area (Å²) < 4.78 is 61.4. The van der Waals surface area contributed by atoms with Crippen LogP contribution < -0.4 is 10.6 Å². The van der Waals surface area contributed by atoms with Crippen molar-refractivity contribution in [2.24, 2.45) is 4.99 Å². The minimum atomic E-state index is -5.26. The molecule has 1 aliphatic rings. The SMILES string of the molecule is CN=C(NCCc1nc2ccccc2[nH]1)NC1CCN(S(=O)(=O)C(F)(F)F)CC1.I. The molecule has 0 saturated carbocycles. The Morgan fingerprint density at radius 3 is 2.57 bits per heavy atom. The summed E-state index contributed by atoms with van der Waals surface area (Å²) in [4.78, 5) is 11.8. The number of aromatic amines is 1. The Labute approximate surface area is 189 Å². The highest BCUT2D eigenvalue weighted by Gasteiger charge is 2.50. The third-order valence-electron chi connectivity index (χ3n) is 4.74. The predicted octanol–water partition coefficient (Wildman–Crippen LogP) is 2.20. The number of benzene rings is 1. The predicted molar refractivity (Wildman–Crippen MR) is 119 cm³/mol. The van der Waals surface area contributed by atoms with Gasteiger partial charge in [-0.05, 0) is 25.0 Å². The van der Waals surface area contributed by atoms with Gasteiger partial charge in [-0.15, -0.1) is 24.0 Å². The van der Waals surface area contributed by atoms with Crippen molar-refractivity contribution in [2.45, 2.75) is 30.8 Å². The van der Waals surface area contributed by atoms with Crippen LogP contribution in [0.2, 0.25) is 0 Å². The molecule has 0 spiro atoms. The normalized spacial score (nSPS) is 17.0. The number of para-hydroxylation sites is 2. The number of aliphatic imine (C=N–C) groups is 1. The Morgan fingerprint density at radius 1 is 1.30 bits per heavy atom.